The minimum absolute atomic E-state index is 0.453. The van der Waals surface area contributed by atoms with Crippen LogP contribution in [-0.2, 0) is 0 Å². The van der Waals surface area contributed by atoms with Gasteiger partial charge in [0.05, 0.1) is 0 Å². The van der Waals surface area contributed by atoms with Crippen LogP contribution in [0.3, 0.4) is 0 Å². The first-order valence-electron chi connectivity index (χ1n) is 6.32. The van der Waals surface area contributed by atoms with Crippen molar-refractivity contribution in [2.24, 2.45) is 17.3 Å². The highest BCUT2D eigenvalue weighted by Crippen LogP contribution is 2.29. The van der Waals surface area contributed by atoms with Gasteiger partial charge in [0.2, 0.25) is 0 Å². The molecule has 2 heteroatoms. The first kappa shape index (κ1) is 13.0. The summed E-state index contributed by atoms with van der Waals surface area (Å²) in [5.41, 5.74) is 0.453. The maximum absolute atomic E-state index is 3.29. The minimum Gasteiger partial charge on any atom is -0.319 e. The van der Waals surface area contributed by atoms with Crippen molar-refractivity contribution in [1.82, 2.24) is 10.2 Å². The van der Waals surface area contributed by atoms with Crippen LogP contribution < -0.4 is 5.32 Å². The monoisotopic (exact) mass is 212 g/mol. The van der Waals surface area contributed by atoms with Crippen LogP contribution in [0.1, 0.15) is 34.1 Å². The second kappa shape index (κ2) is 5.31. The number of nitrogens with zero attached hydrogens (tertiary/aromatic N) is 1. The molecule has 0 radical (unpaired) electrons. The van der Waals surface area contributed by atoms with Gasteiger partial charge in [-0.3, -0.25) is 0 Å². The molecule has 1 aliphatic rings. The lowest BCUT2D eigenvalue weighted by molar-refractivity contribution is 0.151. The van der Waals surface area contributed by atoms with Gasteiger partial charge < -0.3 is 10.2 Å². The Morgan fingerprint density at radius 3 is 2.60 bits per heavy atom. The summed E-state index contributed by atoms with van der Waals surface area (Å²) in [5, 5.41) is 3.29. The van der Waals surface area contributed by atoms with E-state index in [1.165, 1.54) is 32.6 Å². The molecule has 1 unspecified atom stereocenters. The minimum atomic E-state index is 0.453. The highest BCUT2D eigenvalue weighted by Gasteiger charge is 2.29. The second-order valence-corrected chi connectivity index (χ2v) is 6.09. The molecular weight excluding hydrogens is 184 g/mol. The Hall–Kier alpha value is -0.0800. The summed E-state index contributed by atoms with van der Waals surface area (Å²) in [7, 11) is 2.06. The highest BCUT2D eigenvalue weighted by atomic mass is 15.2. The summed E-state index contributed by atoms with van der Waals surface area (Å²) in [6.45, 7) is 14.5. The third kappa shape index (κ3) is 3.76. The first-order chi connectivity index (χ1) is 6.95. The van der Waals surface area contributed by atoms with Crippen molar-refractivity contribution >= 4 is 0 Å². The Kier molecular flexibility index (Phi) is 4.60. The zero-order valence-corrected chi connectivity index (χ0v) is 11.1. The molecule has 1 aliphatic heterocycles. The molecule has 1 rings (SSSR count). The van der Waals surface area contributed by atoms with Crippen molar-refractivity contribution < 1.29 is 0 Å². The molecule has 1 saturated heterocycles. The summed E-state index contributed by atoms with van der Waals surface area (Å²) < 4.78 is 0. The van der Waals surface area contributed by atoms with Crippen molar-refractivity contribution in [1.29, 1.82) is 0 Å². The molecular formula is C13H28N2. The van der Waals surface area contributed by atoms with Gasteiger partial charge in [0.1, 0.15) is 0 Å². The van der Waals surface area contributed by atoms with Crippen LogP contribution in [0.2, 0.25) is 0 Å². The molecule has 1 N–H and O–H groups in total. The molecule has 0 aromatic carbocycles. The third-order valence-corrected chi connectivity index (χ3v) is 4.06. The Morgan fingerprint density at radius 2 is 2.07 bits per heavy atom. The first-order valence-corrected chi connectivity index (χ1v) is 6.32. The van der Waals surface area contributed by atoms with Crippen molar-refractivity contribution in [2.75, 3.05) is 33.2 Å². The molecule has 0 saturated carbocycles. The van der Waals surface area contributed by atoms with Crippen molar-refractivity contribution in [3.8, 4) is 0 Å². The van der Waals surface area contributed by atoms with Crippen molar-refractivity contribution in [2.45, 2.75) is 34.1 Å². The second-order valence-electron chi connectivity index (χ2n) is 6.09. The number of hydrogen-bond donors (Lipinski definition) is 1. The molecule has 0 aromatic heterocycles. The van der Waals surface area contributed by atoms with E-state index >= 15 is 0 Å². The molecule has 0 aromatic rings. The number of likely N-dealkylation sites (tertiary alicyclic amines) is 1. The van der Waals surface area contributed by atoms with E-state index in [4.69, 9.17) is 0 Å². The van der Waals surface area contributed by atoms with Crippen molar-refractivity contribution in [3.05, 3.63) is 0 Å². The molecule has 1 atom stereocenters. The molecule has 15 heavy (non-hydrogen) atoms. The van der Waals surface area contributed by atoms with Gasteiger partial charge in [-0.15, -0.1) is 0 Å². The normalized spacial score (nSPS) is 24.0. The third-order valence-electron chi connectivity index (χ3n) is 4.06. The largest absolute Gasteiger partial charge is 0.319 e. The molecule has 0 spiro atoms. The predicted octanol–water partition coefficient (Wildman–Crippen LogP) is 2.21. The van der Waals surface area contributed by atoms with E-state index in [1.807, 2.05) is 0 Å². The van der Waals surface area contributed by atoms with E-state index in [1.54, 1.807) is 0 Å². The fraction of sp³-hybridized carbons (Fsp3) is 1.00. The zero-order valence-electron chi connectivity index (χ0n) is 11.1. The van der Waals surface area contributed by atoms with Crippen LogP contribution in [-0.4, -0.2) is 38.1 Å². The van der Waals surface area contributed by atoms with Crippen LogP contribution in [0.4, 0.5) is 0 Å². The van der Waals surface area contributed by atoms with Crippen LogP contribution in [0.15, 0.2) is 0 Å². The number of hydrogen-bond acceptors (Lipinski definition) is 2. The van der Waals surface area contributed by atoms with E-state index in [0.29, 0.717) is 5.41 Å². The van der Waals surface area contributed by atoms with Gasteiger partial charge in [0.15, 0.2) is 0 Å². The van der Waals surface area contributed by atoms with Gasteiger partial charge in [0, 0.05) is 13.1 Å². The average Bonchev–Trinajstić information content (AvgIpc) is 2.52. The fourth-order valence-corrected chi connectivity index (χ4v) is 2.27. The van der Waals surface area contributed by atoms with Gasteiger partial charge >= 0.3 is 0 Å². The Morgan fingerprint density at radius 1 is 1.40 bits per heavy atom. The summed E-state index contributed by atoms with van der Waals surface area (Å²) in [6, 6.07) is 0. The number of rotatable bonds is 5. The van der Waals surface area contributed by atoms with E-state index < -0.39 is 0 Å². The lowest BCUT2D eigenvalue weighted by atomic mass is 9.81. The highest BCUT2D eigenvalue weighted by molar-refractivity contribution is 4.83. The van der Waals surface area contributed by atoms with Gasteiger partial charge in [-0.25, -0.2) is 0 Å². The molecule has 0 amide bonds. The van der Waals surface area contributed by atoms with Crippen LogP contribution in [0.5, 0.6) is 0 Å². The smallest absolute Gasteiger partial charge is 0.00353 e. The maximum Gasteiger partial charge on any atom is 0.00353 e. The topological polar surface area (TPSA) is 15.3 Å². The summed E-state index contributed by atoms with van der Waals surface area (Å²) >= 11 is 0. The molecule has 0 aliphatic carbocycles. The molecule has 1 heterocycles. The van der Waals surface area contributed by atoms with E-state index in [2.05, 4.69) is 45.0 Å². The van der Waals surface area contributed by atoms with Gasteiger partial charge in [-0.2, -0.15) is 0 Å². The van der Waals surface area contributed by atoms with Crippen LogP contribution in [0, 0.1) is 17.3 Å². The predicted molar refractivity (Wildman–Crippen MR) is 67.1 cm³/mol. The quantitative estimate of drug-likeness (QED) is 0.751. The maximum atomic E-state index is 3.29. The van der Waals surface area contributed by atoms with Crippen LogP contribution in [0.25, 0.3) is 0 Å². The SMILES string of the molecule is CNCC1CCN(CC(C)(C)C(C)C)C1. The molecule has 2 nitrogen and oxygen atoms in total. The lowest BCUT2D eigenvalue weighted by Crippen LogP contribution is -2.36. The molecule has 90 valence electrons. The van der Waals surface area contributed by atoms with Crippen molar-refractivity contribution in [3.63, 3.8) is 0 Å². The zero-order chi connectivity index (χ0) is 11.5. The summed E-state index contributed by atoms with van der Waals surface area (Å²) in [5.74, 6) is 1.64. The van der Waals surface area contributed by atoms with Gasteiger partial charge in [0.25, 0.3) is 0 Å². The standard InChI is InChI=1S/C13H28N2/c1-11(2)13(3,4)10-15-7-6-12(9-15)8-14-5/h11-12,14H,6-10H2,1-5H3. The Balaban J connectivity index is 2.35. The summed E-state index contributed by atoms with van der Waals surface area (Å²) in [6.07, 6.45) is 1.37. The Bertz CT molecular complexity index is 187. The molecule has 0 bridgehead atoms. The van der Waals surface area contributed by atoms with E-state index in [9.17, 15) is 0 Å². The average molecular weight is 212 g/mol. The van der Waals surface area contributed by atoms with E-state index in [0.717, 1.165) is 11.8 Å². The summed E-state index contributed by atoms with van der Waals surface area (Å²) in [4.78, 5) is 2.64. The van der Waals surface area contributed by atoms with Crippen LogP contribution >= 0.6 is 0 Å². The lowest BCUT2D eigenvalue weighted by Gasteiger charge is -2.33. The fourth-order valence-electron chi connectivity index (χ4n) is 2.27. The van der Waals surface area contributed by atoms with E-state index in [-0.39, 0.29) is 0 Å². The van der Waals surface area contributed by atoms with Gasteiger partial charge in [-0.1, -0.05) is 27.7 Å². The Labute approximate surface area is 95.4 Å². The molecule has 1 fully saturated rings. The van der Waals surface area contributed by atoms with Gasteiger partial charge in [-0.05, 0) is 43.8 Å². The number of nitrogens with one attached hydrogen (secondary N) is 1.